The predicted molar refractivity (Wildman–Crippen MR) is 81.8 cm³/mol. The van der Waals surface area contributed by atoms with Crippen molar-refractivity contribution in [2.75, 3.05) is 5.32 Å². The van der Waals surface area contributed by atoms with Crippen molar-refractivity contribution in [3.63, 3.8) is 0 Å². The van der Waals surface area contributed by atoms with E-state index in [0.29, 0.717) is 5.02 Å². The van der Waals surface area contributed by atoms with E-state index < -0.39 is 5.51 Å². The minimum Gasteiger partial charge on any atom is -0.378 e. The van der Waals surface area contributed by atoms with Gasteiger partial charge >= 0.3 is 5.51 Å². The molecular weight excluding hydrogens is 319 g/mol. The summed E-state index contributed by atoms with van der Waals surface area (Å²) in [6.45, 7) is 1.94. The molecule has 1 atom stereocenters. The largest absolute Gasteiger partial charge is 0.446 e. The van der Waals surface area contributed by atoms with Gasteiger partial charge in [-0.3, -0.25) is 0 Å². The zero-order valence-corrected chi connectivity index (χ0v) is 12.7. The number of nitrogens with one attached hydrogen (secondary N) is 1. The van der Waals surface area contributed by atoms with Gasteiger partial charge in [-0.15, -0.1) is 0 Å². The molecule has 0 aliphatic carbocycles. The highest BCUT2D eigenvalue weighted by atomic mass is 35.5. The summed E-state index contributed by atoms with van der Waals surface area (Å²) in [6.07, 6.45) is 0. The maximum atomic E-state index is 12.3. The van der Waals surface area contributed by atoms with E-state index in [9.17, 15) is 13.2 Å². The molecule has 21 heavy (non-hydrogen) atoms. The molecule has 2 aromatic rings. The monoisotopic (exact) mass is 331 g/mol. The Hall–Kier alpha value is -1.33. The van der Waals surface area contributed by atoms with E-state index >= 15 is 0 Å². The number of thioether (sulfide) groups is 1. The van der Waals surface area contributed by atoms with Gasteiger partial charge in [0.2, 0.25) is 0 Å². The van der Waals surface area contributed by atoms with Crippen LogP contribution in [0.15, 0.2) is 53.4 Å². The van der Waals surface area contributed by atoms with Crippen LogP contribution >= 0.6 is 23.4 Å². The van der Waals surface area contributed by atoms with Crippen molar-refractivity contribution in [3.8, 4) is 0 Å². The summed E-state index contributed by atoms with van der Waals surface area (Å²) in [5, 5.41) is 3.87. The molecular formula is C15H13ClF3NS. The van der Waals surface area contributed by atoms with E-state index in [1.54, 1.807) is 18.2 Å². The van der Waals surface area contributed by atoms with Crippen LogP contribution in [0.25, 0.3) is 0 Å². The smallest absolute Gasteiger partial charge is 0.378 e. The van der Waals surface area contributed by atoms with E-state index in [2.05, 4.69) is 5.32 Å². The zero-order valence-electron chi connectivity index (χ0n) is 11.1. The second-order valence-corrected chi connectivity index (χ2v) is 6.01. The molecule has 112 valence electrons. The Labute approximate surface area is 130 Å². The maximum Gasteiger partial charge on any atom is 0.446 e. The molecule has 1 N–H and O–H groups in total. The second-order valence-electron chi connectivity index (χ2n) is 4.46. The van der Waals surface area contributed by atoms with Crippen LogP contribution in [0.1, 0.15) is 18.5 Å². The summed E-state index contributed by atoms with van der Waals surface area (Å²) in [5.41, 5.74) is -2.58. The van der Waals surface area contributed by atoms with Gasteiger partial charge in [0.15, 0.2) is 0 Å². The topological polar surface area (TPSA) is 12.0 Å². The molecule has 0 aliphatic heterocycles. The SMILES string of the molecule is CC(Nc1ccc(SC(F)(F)F)cc1)c1ccccc1Cl. The van der Waals surface area contributed by atoms with Crippen molar-refractivity contribution in [1.82, 2.24) is 0 Å². The van der Waals surface area contributed by atoms with Gasteiger partial charge < -0.3 is 5.32 Å². The molecule has 6 heteroatoms. The first-order valence-corrected chi connectivity index (χ1v) is 7.41. The Balaban J connectivity index is 2.05. The number of hydrogen-bond donors (Lipinski definition) is 1. The Morgan fingerprint density at radius 1 is 1.05 bits per heavy atom. The number of alkyl halides is 3. The van der Waals surface area contributed by atoms with Crippen molar-refractivity contribution in [1.29, 1.82) is 0 Å². The van der Waals surface area contributed by atoms with E-state index in [0.717, 1.165) is 11.3 Å². The normalized spacial score (nSPS) is 13.0. The van der Waals surface area contributed by atoms with Gasteiger partial charge in [0.1, 0.15) is 0 Å². The van der Waals surface area contributed by atoms with E-state index in [1.807, 2.05) is 25.1 Å². The van der Waals surface area contributed by atoms with E-state index in [1.165, 1.54) is 12.1 Å². The molecule has 0 fully saturated rings. The number of anilines is 1. The quantitative estimate of drug-likeness (QED) is 0.677. The Kier molecular flexibility index (Phi) is 5.06. The van der Waals surface area contributed by atoms with Gasteiger partial charge in [0.25, 0.3) is 0 Å². The highest BCUT2D eigenvalue weighted by Crippen LogP contribution is 2.37. The third kappa shape index (κ3) is 4.86. The predicted octanol–water partition coefficient (Wildman–Crippen LogP) is 6.13. The molecule has 0 radical (unpaired) electrons. The Morgan fingerprint density at radius 3 is 2.24 bits per heavy atom. The number of halogens is 4. The standard InChI is InChI=1S/C15H13ClF3NS/c1-10(13-4-2-3-5-14(13)16)20-11-6-8-12(9-7-11)21-15(17,18)19/h2-10,20H,1H3. The van der Waals surface area contributed by atoms with Gasteiger partial charge in [-0.25, -0.2) is 0 Å². The third-order valence-corrected chi connectivity index (χ3v) is 3.93. The van der Waals surface area contributed by atoms with Gasteiger partial charge in [0, 0.05) is 21.6 Å². The van der Waals surface area contributed by atoms with Gasteiger partial charge in [0.05, 0.1) is 0 Å². The first-order valence-electron chi connectivity index (χ1n) is 6.22. The molecule has 1 nitrogen and oxygen atoms in total. The number of rotatable bonds is 4. The van der Waals surface area contributed by atoms with Crippen LogP contribution in [0.5, 0.6) is 0 Å². The number of hydrogen-bond acceptors (Lipinski definition) is 2. The lowest BCUT2D eigenvalue weighted by molar-refractivity contribution is -0.0328. The number of benzene rings is 2. The lowest BCUT2D eigenvalue weighted by Crippen LogP contribution is -2.07. The minimum absolute atomic E-state index is 0.0418. The van der Waals surface area contributed by atoms with Crippen LogP contribution in [0.2, 0.25) is 5.02 Å². The molecule has 0 saturated heterocycles. The molecule has 2 rings (SSSR count). The molecule has 0 spiro atoms. The van der Waals surface area contributed by atoms with Crippen LogP contribution in [0, 0.1) is 0 Å². The van der Waals surface area contributed by atoms with Crippen molar-refractivity contribution >= 4 is 29.1 Å². The van der Waals surface area contributed by atoms with Gasteiger partial charge in [-0.1, -0.05) is 29.8 Å². The van der Waals surface area contributed by atoms with Crippen LogP contribution in [-0.2, 0) is 0 Å². The molecule has 0 saturated carbocycles. The van der Waals surface area contributed by atoms with Gasteiger partial charge in [-0.05, 0) is 54.6 Å². The van der Waals surface area contributed by atoms with Crippen LogP contribution in [0.4, 0.5) is 18.9 Å². The minimum atomic E-state index is -4.26. The Bertz CT molecular complexity index is 599. The second kappa shape index (κ2) is 6.62. The maximum absolute atomic E-state index is 12.3. The molecule has 0 aromatic heterocycles. The summed E-state index contributed by atoms with van der Waals surface area (Å²) >= 11 is 5.99. The fourth-order valence-corrected chi connectivity index (χ4v) is 2.75. The van der Waals surface area contributed by atoms with Crippen molar-refractivity contribution < 1.29 is 13.2 Å². The first-order chi connectivity index (χ1) is 9.85. The van der Waals surface area contributed by atoms with Crippen molar-refractivity contribution in [3.05, 3.63) is 59.1 Å². The molecule has 0 amide bonds. The lowest BCUT2D eigenvalue weighted by Gasteiger charge is -2.17. The highest BCUT2D eigenvalue weighted by Gasteiger charge is 2.29. The fourth-order valence-electron chi connectivity index (χ4n) is 1.91. The summed E-state index contributed by atoms with van der Waals surface area (Å²) in [7, 11) is 0. The lowest BCUT2D eigenvalue weighted by atomic mass is 10.1. The fraction of sp³-hybridized carbons (Fsp3) is 0.200. The average Bonchev–Trinajstić information content (AvgIpc) is 2.40. The highest BCUT2D eigenvalue weighted by molar-refractivity contribution is 8.00. The molecule has 0 bridgehead atoms. The zero-order chi connectivity index (χ0) is 15.5. The first kappa shape index (κ1) is 16.0. The van der Waals surface area contributed by atoms with Crippen molar-refractivity contribution in [2.45, 2.75) is 23.4 Å². The molecule has 0 heterocycles. The summed E-state index contributed by atoms with van der Waals surface area (Å²) in [6, 6.07) is 13.6. The van der Waals surface area contributed by atoms with Crippen LogP contribution in [0.3, 0.4) is 0 Å². The van der Waals surface area contributed by atoms with Crippen molar-refractivity contribution in [2.24, 2.45) is 0 Å². The molecule has 2 aromatic carbocycles. The average molecular weight is 332 g/mol. The van der Waals surface area contributed by atoms with Gasteiger partial charge in [-0.2, -0.15) is 13.2 Å². The summed E-state index contributed by atoms with van der Waals surface area (Å²) < 4.78 is 36.8. The molecule has 1 unspecified atom stereocenters. The van der Waals surface area contributed by atoms with E-state index in [4.69, 9.17) is 11.6 Å². The van der Waals surface area contributed by atoms with E-state index in [-0.39, 0.29) is 22.7 Å². The Morgan fingerprint density at radius 2 is 1.67 bits per heavy atom. The summed E-state index contributed by atoms with van der Waals surface area (Å²) in [4.78, 5) is 0.165. The van der Waals surface area contributed by atoms with Crippen LogP contribution in [-0.4, -0.2) is 5.51 Å². The summed E-state index contributed by atoms with van der Waals surface area (Å²) in [5.74, 6) is 0. The third-order valence-electron chi connectivity index (χ3n) is 2.84. The molecule has 0 aliphatic rings. The van der Waals surface area contributed by atoms with Crippen LogP contribution < -0.4 is 5.32 Å².